The fourth-order valence-corrected chi connectivity index (χ4v) is 0.900. The van der Waals surface area contributed by atoms with E-state index < -0.39 is 40.3 Å². The molecule has 0 amide bonds. The van der Waals surface area contributed by atoms with Crippen molar-refractivity contribution >= 4 is 15.3 Å². The summed E-state index contributed by atoms with van der Waals surface area (Å²) in [6, 6.07) is 0. The highest BCUT2D eigenvalue weighted by Crippen LogP contribution is 2.00. The Morgan fingerprint density at radius 1 is 1.23 bits per heavy atom. The summed E-state index contributed by atoms with van der Waals surface area (Å²) in [4.78, 5) is 0. The number of hydrogen-bond acceptors (Lipinski definition) is 6. The predicted molar refractivity (Wildman–Crippen MR) is 41.7 cm³/mol. The summed E-state index contributed by atoms with van der Waals surface area (Å²) in [6.45, 7) is -0.864. The first kappa shape index (κ1) is 12.5. The first-order valence-electron chi connectivity index (χ1n) is 3.22. The monoisotopic (exact) mass is 214 g/mol. The molecule has 0 aliphatic rings. The lowest BCUT2D eigenvalue weighted by molar-refractivity contribution is -0.0583. The summed E-state index contributed by atoms with van der Waals surface area (Å²) in [5.74, 6) is 0. The van der Waals surface area contributed by atoms with E-state index in [0.717, 1.165) is 0 Å². The summed E-state index contributed by atoms with van der Waals surface area (Å²) in [5.41, 5.74) is 0. The molecule has 0 heterocycles. The molecule has 0 aromatic carbocycles. The second-order valence-corrected chi connectivity index (χ2v) is 3.15. The molecule has 0 aliphatic carbocycles. The molecule has 0 fully saturated rings. The lowest BCUT2D eigenvalue weighted by Gasteiger charge is -2.18. The Kier molecular flexibility index (Phi) is 5.06. The van der Waals surface area contributed by atoms with Crippen LogP contribution < -0.4 is 0 Å². The van der Waals surface area contributed by atoms with Crippen molar-refractivity contribution in [3.63, 3.8) is 0 Å². The Hall–Kier alpha value is -0.510. The number of hydrogen-bond donors (Lipinski definition) is 5. The van der Waals surface area contributed by atoms with Crippen LogP contribution in [0.5, 0.6) is 0 Å². The molecule has 0 rings (SSSR count). The highest BCUT2D eigenvalue weighted by atomic mass is 32.2. The van der Waals surface area contributed by atoms with E-state index in [4.69, 9.17) is 25.5 Å². The lowest BCUT2D eigenvalue weighted by atomic mass is 10.1. The van der Waals surface area contributed by atoms with Crippen molar-refractivity contribution in [2.24, 2.45) is 0 Å². The maximum Gasteiger partial charge on any atom is 0.243 e. The van der Waals surface area contributed by atoms with Crippen molar-refractivity contribution in [3.05, 3.63) is 0 Å². The first-order chi connectivity index (χ1) is 5.91. The van der Waals surface area contributed by atoms with Gasteiger partial charge in [-0.15, -0.1) is 0 Å². The molecular formula is C5H10O7S. The van der Waals surface area contributed by atoms with E-state index in [9.17, 15) is 8.42 Å². The Morgan fingerprint density at radius 3 is 2.00 bits per heavy atom. The molecule has 0 spiro atoms. The fraction of sp³-hybridized carbons (Fsp3) is 0.800. The quantitative estimate of drug-likeness (QED) is 0.308. The summed E-state index contributed by atoms with van der Waals surface area (Å²) in [6.07, 6.45) is -5.82. The van der Waals surface area contributed by atoms with Crippen molar-refractivity contribution in [1.29, 1.82) is 0 Å². The zero-order valence-corrected chi connectivity index (χ0v) is 7.22. The molecule has 0 aromatic rings. The van der Waals surface area contributed by atoms with Crippen LogP contribution in [0.1, 0.15) is 0 Å². The molecule has 5 N–H and O–H groups in total. The van der Waals surface area contributed by atoms with Crippen molar-refractivity contribution in [3.8, 4) is 0 Å². The van der Waals surface area contributed by atoms with E-state index in [1.807, 2.05) is 0 Å². The molecule has 0 radical (unpaired) electrons. The average molecular weight is 214 g/mol. The third-order valence-electron chi connectivity index (χ3n) is 1.33. The molecule has 3 atom stereocenters. The van der Waals surface area contributed by atoms with Crippen molar-refractivity contribution in [2.45, 2.75) is 18.3 Å². The molecule has 0 saturated heterocycles. The highest BCUT2D eigenvalue weighted by molar-refractivity contribution is 7.72. The molecule has 0 saturated carbocycles. The largest absolute Gasteiger partial charge is 0.394 e. The maximum absolute atomic E-state index is 10.1. The third kappa shape index (κ3) is 3.38. The van der Waals surface area contributed by atoms with Crippen LogP contribution in [-0.4, -0.2) is 63.9 Å². The Balaban J connectivity index is 4.62. The van der Waals surface area contributed by atoms with E-state index in [-0.39, 0.29) is 0 Å². The van der Waals surface area contributed by atoms with Crippen LogP contribution >= 0.6 is 0 Å². The van der Waals surface area contributed by atoms with E-state index in [1.165, 1.54) is 0 Å². The number of aliphatic hydroxyl groups excluding tert-OH is 5. The standard InChI is InChI=1S/C5H10O7S/c6-1-2(7)3(8)4(9)5(10)13(11)12/h2-4,6-10H,1H2/t2-,3+,4-/m1/s1. The Bertz CT molecular complexity index is 273. The van der Waals surface area contributed by atoms with Crippen LogP contribution in [0.4, 0.5) is 0 Å². The molecule has 78 valence electrons. The minimum Gasteiger partial charge on any atom is -0.394 e. The number of aliphatic hydroxyl groups is 5. The predicted octanol–water partition coefficient (Wildman–Crippen LogP) is -3.37. The smallest absolute Gasteiger partial charge is 0.243 e. The van der Waals surface area contributed by atoms with E-state index in [1.54, 1.807) is 0 Å². The van der Waals surface area contributed by atoms with Gasteiger partial charge in [0.15, 0.2) is 0 Å². The van der Waals surface area contributed by atoms with Crippen molar-refractivity contribution < 1.29 is 34.0 Å². The van der Waals surface area contributed by atoms with Gasteiger partial charge < -0.3 is 25.5 Å². The zero-order chi connectivity index (χ0) is 10.6. The lowest BCUT2D eigenvalue weighted by Crippen LogP contribution is -2.44. The topological polar surface area (TPSA) is 135 Å². The van der Waals surface area contributed by atoms with Crippen LogP contribution in [0, 0.1) is 0 Å². The van der Waals surface area contributed by atoms with Gasteiger partial charge in [0.1, 0.15) is 18.3 Å². The van der Waals surface area contributed by atoms with Gasteiger partial charge in [-0.2, -0.15) is 8.42 Å². The van der Waals surface area contributed by atoms with Gasteiger partial charge >= 0.3 is 0 Å². The van der Waals surface area contributed by atoms with Gasteiger partial charge in [-0.1, -0.05) is 0 Å². The minimum atomic E-state index is -3.06. The van der Waals surface area contributed by atoms with Gasteiger partial charge in [0.05, 0.1) is 6.61 Å². The molecule has 13 heavy (non-hydrogen) atoms. The van der Waals surface area contributed by atoms with Gasteiger partial charge in [0, 0.05) is 0 Å². The fourth-order valence-electron chi connectivity index (χ4n) is 0.563. The Morgan fingerprint density at radius 2 is 1.69 bits per heavy atom. The summed E-state index contributed by atoms with van der Waals surface area (Å²) in [7, 11) is -3.06. The third-order valence-corrected chi connectivity index (χ3v) is 1.91. The second kappa shape index (κ2) is 5.27. The Labute approximate surface area is 75.0 Å². The normalized spacial score (nSPS) is 17.6. The number of rotatable bonds is 4. The van der Waals surface area contributed by atoms with Crippen LogP contribution in [-0.2, 0) is 10.3 Å². The zero-order valence-electron chi connectivity index (χ0n) is 6.40. The van der Waals surface area contributed by atoms with Crippen molar-refractivity contribution in [1.82, 2.24) is 0 Å². The van der Waals surface area contributed by atoms with Crippen LogP contribution in [0.3, 0.4) is 0 Å². The van der Waals surface area contributed by atoms with Gasteiger partial charge in [-0.3, -0.25) is 0 Å². The minimum absolute atomic E-state index is 0.864. The average Bonchev–Trinajstić information content (AvgIpc) is 2.12. The molecule has 0 unspecified atom stereocenters. The van der Waals surface area contributed by atoms with Gasteiger partial charge in [0.2, 0.25) is 15.3 Å². The van der Waals surface area contributed by atoms with Crippen LogP contribution in [0.25, 0.3) is 0 Å². The maximum atomic E-state index is 10.1. The molecule has 0 aliphatic heterocycles. The van der Waals surface area contributed by atoms with Gasteiger partial charge in [-0.25, -0.2) is 0 Å². The molecule has 0 aromatic heterocycles. The van der Waals surface area contributed by atoms with E-state index in [0.29, 0.717) is 0 Å². The molecule has 7 nitrogen and oxygen atoms in total. The highest BCUT2D eigenvalue weighted by Gasteiger charge is 2.28. The summed E-state index contributed by atoms with van der Waals surface area (Å²) >= 11 is 0. The SMILES string of the molecule is O=S(=O)=C(O)[C@H](O)[C@@H](O)[C@H](O)CO. The first-order valence-corrected chi connectivity index (χ1v) is 4.29. The van der Waals surface area contributed by atoms with Gasteiger partial charge in [0.25, 0.3) is 0 Å². The van der Waals surface area contributed by atoms with Crippen LogP contribution in [0.15, 0.2) is 0 Å². The van der Waals surface area contributed by atoms with Crippen LogP contribution in [0.2, 0.25) is 0 Å². The molecule has 8 heteroatoms. The molecular weight excluding hydrogens is 204 g/mol. The van der Waals surface area contributed by atoms with Crippen molar-refractivity contribution in [2.75, 3.05) is 6.61 Å². The van der Waals surface area contributed by atoms with E-state index in [2.05, 4.69) is 0 Å². The summed E-state index contributed by atoms with van der Waals surface area (Å²) < 4.78 is 20.1. The molecule has 0 bridgehead atoms. The van der Waals surface area contributed by atoms with E-state index >= 15 is 0 Å². The summed E-state index contributed by atoms with van der Waals surface area (Å²) in [5, 5.41) is 42.0. The van der Waals surface area contributed by atoms with Gasteiger partial charge in [-0.05, 0) is 0 Å². The second-order valence-electron chi connectivity index (χ2n) is 2.26.